The van der Waals surface area contributed by atoms with Gasteiger partial charge < -0.3 is 16.0 Å². The standard InChI is InChI=1S/C15H21N3O/c19-15-4-2-12-9-11(1-3-14(12)18-15)5-8-17-13-6-7-16-10-13/h1,3,9,13,16-17H,2,4-8,10H2,(H,18,19). The predicted molar refractivity (Wildman–Crippen MR) is 76.4 cm³/mol. The van der Waals surface area contributed by atoms with Crippen LogP contribution in [0.25, 0.3) is 0 Å². The number of benzene rings is 1. The van der Waals surface area contributed by atoms with Gasteiger partial charge in [-0.25, -0.2) is 0 Å². The molecule has 4 heteroatoms. The Hall–Kier alpha value is -1.39. The van der Waals surface area contributed by atoms with Gasteiger partial charge in [0.2, 0.25) is 5.91 Å². The second kappa shape index (κ2) is 5.72. The van der Waals surface area contributed by atoms with Crippen LogP contribution < -0.4 is 16.0 Å². The Kier molecular flexibility index (Phi) is 3.80. The molecule has 4 nitrogen and oxygen atoms in total. The Balaban J connectivity index is 1.55. The van der Waals surface area contributed by atoms with Gasteiger partial charge in [0.05, 0.1) is 0 Å². The van der Waals surface area contributed by atoms with Gasteiger partial charge in [-0.3, -0.25) is 4.79 Å². The number of anilines is 1. The van der Waals surface area contributed by atoms with E-state index in [4.69, 9.17) is 0 Å². The van der Waals surface area contributed by atoms with Crippen LogP contribution in [0.5, 0.6) is 0 Å². The third-order valence-corrected chi connectivity index (χ3v) is 3.97. The predicted octanol–water partition coefficient (Wildman–Crippen LogP) is 1.07. The smallest absolute Gasteiger partial charge is 0.224 e. The van der Waals surface area contributed by atoms with Gasteiger partial charge in [0.25, 0.3) is 0 Å². The number of fused-ring (bicyclic) bond motifs is 1. The molecular formula is C15H21N3O. The Morgan fingerprint density at radius 1 is 1.32 bits per heavy atom. The number of hydrogen-bond acceptors (Lipinski definition) is 3. The zero-order valence-corrected chi connectivity index (χ0v) is 11.2. The van der Waals surface area contributed by atoms with E-state index in [2.05, 4.69) is 28.1 Å². The number of nitrogens with one attached hydrogen (secondary N) is 3. The third-order valence-electron chi connectivity index (χ3n) is 3.97. The van der Waals surface area contributed by atoms with Crippen LogP contribution in [-0.2, 0) is 17.6 Å². The summed E-state index contributed by atoms with van der Waals surface area (Å²) >= 11 is 0. The number of rotatable bonds is 4. The van der Waals surface area contributed by atoms with Crippen LogP contribution in [0.4, 0.5) is 5.69 Å². The van der Waals surface area contributed by atoms with Crippen molar-refractivity contribution in [2.75, 3.05) is 25.0 Å². The fourth-order valence-electron chi connectivity index (χ4n) is 2.84. The van der Waals surface area contributed by atoms with Crippen LogP contribution in [0.1, 0.15) is 24.0 Å². The van der Waals surface area contributed by atoms with Gasteiger partial charge in [0.1, 0.15) is 0 Å². The van der Waals surface area contributed by atoms with E-state index in [1.807, 2.05) is 6.07 Å². The van der Waals surface area contributed by atoms with Gasteiger partial charge in [0, 0.05) is 24.7 Å². The molecule has 1 saturated heterocycles. The van der Waals surface area contributed by atoms with Crippen molar-refractivity contribution in [3.05, 3.63) is 29.3 Å². The average Bonchev–Trinajstić information content (AvgIpc) is 2.92. The van der Waals surface area contributed by atoms with Gasteiger partial charge in [-0.1, -0.05) is 12.1 Å². The molecule has 0 aliphatic carbocycles. The zero-order chi connectivity index (χ0) is 13.1. The maximum absolute atomic E-state index is 11.3. The van der Waals surface area contributed by atoms with Gasteiger partial charge >= 0.3 is 0 Å². The van der Waals surface area contributed by atoms with Crippen molar-refractivity contribution >= 4 is 11.6 Å². The molecule has 1 unspecified atom stereocenters. The normalized spacial score (nSPS) is 22.1. The Bertz CT molecular complexity index is 466. The van der Waals surface area contributed by atoms with E-state index in [0.29, 0.717) is 12.5 Å². The Labute approximate surface area is 114 Å². The van der Waals surface area contributed by atoms with E-state index in [1.54, 1.807) is 0 Å². The summed E-state index contributed by atoms with van der Waals surface area (Å²) in [4.78, 5) is 11.3. The number of carbonyl (C=O) groups excluding carboxylic acids is 1. The molecule has 2 aliphatic heterocycles. The molecule has 1 aromatic carbocycles. The van der Waals surface area contributed by atoms with Crippen molar-refractivity contribution in [1.82, 2.24) is 10.6 Å². The first kappa shape index (κ1) is 12.6. The molecule has 2 heterocycles. The molecule has 102 valence electrons. The number of aryl methyl sites for hydroxylation is 1. The fraction of sp³-hybridized carbons (Fsp3) is 0.533. The van der Waals surface area contributed by atoms with E-state index >= 15 is 0 Å². The molecule has 19 heavy (non-hydrogen) atoms. The molecule has 1 aromatic rings. The molecule has 1 amide bonds. The minimum Gasteiger partial charge on any atom is -0.326 e. The summed E-state index contributed by atoms with van der Waals surface area (Å²) in [5.41, 5.74) is 3.63. The van der Waals surface area contributed by atoms with Crippen molar-refractivity contribution in [1.29, 1.82) is 0 Å². The molecule has 1 atom stereocenters. The average molecular weight is 259 g/mol. The summed E-state index contributed by atoms with van der Waals surface area (Å²) in [6.07, 6.45) is 3.77. The molecule has 0 aromatic heterocycles. The number of amides is 1. The summed E-state index contributed by atoms with van der Waals surface area (Å²) < 4.78 is 0. The molecule has 0 bridgehead atoms. The van der Waals surface area contributed by atoms with Crippen LogP contribution in [0.2, 0.25) is 0 Å². The van der Waals surface area contributed by atoms with Crippen molar-refractivity contribution in [2.45, 2.75) is 31.7 Å². The van der Waals surface area contributed by atoms with Crippen LogP contribution in [0, 0.1) is 0 Å². The summed E-state index contributed by atoms with van der Waals surface area (Å²) in [5.74, 6) is 0.135. The van der Waals surface area contributed by atoms with E-state index in [-0.39, 0.29) is 5.91 Å². The lowest BCUT2D eigenvalue weighted by atomic mass is 9.99. The summed E-state index contributed by atoms with van der Waals surface area (Å²) in [5, 5.41) is 9.87. The quantitative estimate of drug-likeness (QED) is 0.758. The lowest BCUT2D eigenvalue weighted by Gasteiger charge is -2.18. The lowest BCUT2D eigenvalue weighted by Crippen LogP contribution is -2.32. The summed E-state index contributed by atoms with van der Waals surface area (Å²) in [7, 11) is 0. The summed E-state index contributed by atoms with van der Waals surface area (Å²) in [6.45, 7) is 3.25. The Morgan fingerprint density at radius 3 is 3.11 bits per heavy atom. The van der Waals surface area contributed by atoms with Gasteiger partial charge in [-0.15, -0.1) is 0 Å². The molecular weight excluding hydrogens is 238 g/mol. The largest absolute Gasteiger partial charge is 0.326 e. The van der Waals surface area contributed by atoms with Crippen molar-refractivity contribution in [2.24, 2.45) is 0 Å². The maximum atomic E-state index is 11.3. The number of hydrogen-bond donors (Lipinski definition) is 3. The first-order valence-electron chi connectivity index (χ1n) is 7.17. The highest BCUT2D eigenvalue weighted by Crippen LogP contribution is 2.23. The molecule has 3 N–H and O–H groups in total. The van der Waals surface area contributed by atoms with Gasteiger partial charge in [-0.2, -0.15) is 0 Å². The van der Waals surface area contributed by atoms with E-state index in [9.17, 15) is 4.79 Å². The maximum Gasteiger partial charge on any atom is 0.224 e. The summed E-state index contributed by atoms with van der Waals surface area (Å²) in [6, 6.07) is 7.04. The lowest BCUT2D eigenvalue weighted by molar-refractivity contribution is -0.116. The molecule has 0 saturated carbocycles. The van der Waals surface area contributed by atoms with Crippen LogP contribution >= 0.6 is 0 Å². The van der Waals surface area contributed by atoms with Crippen molar-refractivity contribution < 1.29 is 4.79 Å². The minimum atomic E-state index is 0.135. The third kappa shape index (κ3) is 3.14. The van der Waals surface area contributed by atoms with Crippen LogP contribution in [-0.4, -0.2) is 31.6 Å². The topological polar surface area (TPSA) is 53.2 Å². The fourth-order valence-corrected chi connectivity index (χ4v) is 2.84. The van der Waals surface area contributed by atoms with E-state index < -0.39 is 0 Å². The highest BCUT2D eigenvalue weighted by atomic mass is 16.1. The Morgan fingerprint density at radius 2 is 2.26 bits per heavy atom. The van der Waals surface area contributed by atoms with E-state index in [1.165, 1.54) is 17.5 Å². The first-order chi connectivity index (χ1) is 9.31. The molecule has 2 aliphatic rings. The highest BCUT2D eigenvalue weighted by molar-refractivity contribution is 5.93. The molecule has 3 rings (SSSR count). The molecule has 0 radical (unpaired) electrons. The first-order valence-corrected chi connectivity index (χ1v) is 7.17. The van der Waals surface area contributed by atoms with Crippen molar-refractivity contribution in [3.8, 4) is 0 Å². The van der Waals surface area contributed by atoms with Crippen LogP contribution in [0.3, 0.4) is 0 Å². The van der Waals surface area contributed by atoms with Crippen molar-refractivity contribution in [3.63, 3.8) is 0 Å². The second-order valence-corrected chi connectivity index (χ2v) is 5.43. The zero-order valence-electron chi connectivity index (χ0n) is 11.2. The highest BCUT2D eigenvalue weighted by Gasteiger charge is 2.15. The minimum absolute atomic E-state index is 0.135. The second-order valence-electron chi connectivity index (χ2n) is 5.43. The molecule has 0 spiro atoms. The van der Waals surface area contributed by atoms with Crippen LogP contribution in [0.15, 0.2) is 18.2 Å². The SMILES string of the molecule is O=C1CCc2cc(CCNC3CCNC3)ccc2N1. The van der Waals surface area contributed by atoms with Gasteiger partial charge in [0.15, 0.2) is 0 Å². The number of carbonyl (C=O) groups is 1. The monoisotopic (exact) mass is 259 g/mol. The molecule has 1 fully saturated rings. The van der Waals surface area contributed by atoms with E-state index in [0.717, 1.165) is 38.2 Å². The van der Waals surface area contributed by atoms with Gasteiger partial charge in [-0.05, 0) is 49.5 Å².